The van der Waals surface area contributed by atoms with Crippen LogP contribution in [0.1, 0.15) is 0 Å². The van der Waals surface area contributed by atoms with E-state index in [0.717, 1.165) is 25.2 Å². The van der Waals surface area contributed by atoms with Gasteiger partial charge in [-0.15, -0.1) is 12.4 Å². The minimum Gasteiger partial charge on any atom is -0.484 e. The second-order valence-corrected chi connectivity index (χ2v) is 4.29. The van der Waals surface area contributed by atoms with Crippen LogP contribution in [-0.4, -0.2) is 48.5 Å². The van der Waals surface area contributed by atoms with Crippen LogP contribution in [0.4, 0.5) is 10.1 Å². The predicted octanol–water partition coefficient (Wildman–Crippen LogP) is 0.966. The standard InChI is InChI=1S/C12H14FN3O4.ClH/c13-10-7-9(1-2-11(10)16(18)19)20-8-12(17)15-5-3-14-4-6-15;/h1-2,7,14H,3-6,8H2;1H. The molecule has 2 rings (SSSR count). The number of carbonyl (C=O) groups is 1. The molecule has 7 nitrogen and oxygen atoms in total. The Kier molecular flexibility index (Phi) is 6.32. The Hall–Kier alpha value is -1.93. The van der Waals surface area contributed by atoms with E-state index in [-0.39, 0.29) is 30.7 Å². The third-order valence-electron chi connectivity index (χ3n) is 2.95. The molecule has 1 saturated heterocycles. The van der Waals surface area contributed by atoms with E-state index < -0.39 is 16.4 Å². The van der Waals surface area contributed by atoms with E-state index in [4.69, 9.17) is 4.74 Å². The maximum atomic E-state index is 13.4. The lowest BCUT2D eigenvalue weighted by Crippen LogP contribution is -2.47. The van der Waals surface area contributed by atoms with Crippen molar-refractivity contribution in [2.75, 3.05) is 32.8 Å². The number of nitrogens with one attached hydrogen (secondary N) is 1. The number of hydrogen-bond acceptors (Lipinski definition) is 5. The molecule has 116 valence electrons. The first-order chi connectivity index (χ1) is 9.58. The molecule has 0 unspecified atom stereocenters. The fraction of sp³-hybridized carbons (Fsp3) is 0.417. The Morgan fingerprint density at radius 3 is 2.67 bits per heavy atom. The maximum absolute atomic E-state index is 13.4. The molecule has 1 N–H and O–H groups in total. The van der Waals surface area contributed by atoms with Crippen molar-refractivity contribution in [1.29, 1.82) is 0 Å². The quantitative estimate of drug-likeness (QED) is 0.660. The normalized spacial score (nSPS) is 14.2. The van der Waals surface area contributed by atoms with Crippen molar-refractivity contribution in [3.63, 3.8) is 0 Å². The molecule has 1 fully saturated rings. The highest BCUT2D eigenvalue weighted by molar-refractivity contribution is 5.85. The van der Waals surface area contributed by atoms with Crippen molar-refractivity contribution < 1.29 is 18.8 Å². The van der Waals surface area contributed by atoms with E-state index in [9.17, 15) is 19.3 Å². The van der Waals surface area contributed by atoms with Crippen LogP contribution >= 0.6 is 12.4 Å². The van der Waals surface area contributed by atoms with Crippen molar-refractivity contribution in [1.82, 2.24) is 10.2 Å². The molecule has 0 bridgehead atoms. The van der Waals surface area contributed by atoms with E-state index in [1.54, 1.807) is 4.90 Å². The molecule has 0 atom stereocenters. The van der Waals surface area contributed by atoms with E-state index in [0.29, 0.717) is 13.1 Å². The van der Waals surface area contributed by atoms with Crippen molar-refractivity contribution in [3.05, 3.63) is 34.1 Å². The molecule has 0 aromatic heterocycles. The molecule has 1 aromatic rings. The SMILES string of the molecule is Cl.O=C(COc1ccc([N+](=O)[O-])c(F)c1)N1CCNCC1. The van der Waals surface area contributed by atoms with Crippen LogP contribution in [0.3, 0.4) is 0 Å². The third kappa shape index (κ3) is 4.54. The van der Waals surface area contributed by atoms with Crippen LogP contribution < -0.4 is 10.1 Å². The molecule has 21 heavy (non-hydrogen) atoms. The van der Waals surface area contributed by atoms with Gasteiger partial charge in [0.2, 0.25) is 5.82 Å². The number of halogens is 2. The summed E-state index contributed by atoms with van der Waals surface area (Å²) in [5.41, 5.74) is -0.620. The van der Waals surface area contributed by atoms with Gasteiger partial charge in [-0.25, -0.2) is 0 Å². The molecule has 1 aliphatic rings. The predicted molar refractivity (Wildman–Crippen MR) is 75.2 cm³/mol. The summed E-state index contributed by atoms with van der Waals surface area (Å²) >= 11 is 0. The van der Waals surface area contributed by atoms with Crippen LogP contribution in [0.2, 0.25) is 0 Å². The van der Waals surface area contributed by atoms with Gasteiger partial charge in [-0.3, -0.25) is 14.9 Å². The Labute approximate surface area is 126 Å². The first-order valence-corrected chi connectivity index (χ1v) is 6.13. The number of amides is 1. The lowest BCUT2D eigenvalue weighted by atomic mass is 10.3. The highest BCUT2D eigenvalue weighted by Gasteiger charge is 2.18. The maximum Gasteiger partial charge on any atom is 0.305 e. The molecule has 0 aliphatic carbocycles. The van der Waals surface area contributed by atoms with Gasteiger partial charge in [0, 0.05) is 38.3 Å². The third-order valence-corrected chi connectivity index (χ3v) is 2.95. The number of nitro groups is 1. The van der Waals surface area contributed by atoms with Crippen molar-refractivity contribution in [2.45, 2.75) is 0 Å². The number of rotatable bonds is 4. The summed E-state index contributed by atoms with van der Waals surface area (Å²) in [4.78, 5) is 23.1. The van der Waals surface area contributed by atoms with Crippen molar-refractivity contribution in [3.8, 4) is 5.75 Å². The van der Waals surface area contributed by atoms with E-state index >= 15 is 0 Å². The average molecular weight is 320 g/mol. The van der Waals surface area contributed by atoms with E-state index in [1.807, 2.05) is 0 Å². The van der Waals surface area contributed by atoms with Crippen molar-refractivity contribution >= 4 is 24.0 Å². The van der Waals surface area contributed by atoms with E-state index in [1.165, 1.54) is 6.07 Å². The number of piperazine rings is 1. The monoisotopic (exact) mass is 319 g/mol. The molecule has 0 radical (unpaired) electrons. The summed E-state index contributed by atoms with van der Waals surface area (Å²) in [7, 11) is 0. The molecular formula is C12H15ClFN3O4. The number of hydrogen-bond donors (Lipinski definition) is 1. The van der Waals surface area contributed by atoms with Crippen LogP contribution in [0.15, 0.2) is 18.2 Å². The van der Waals surface area contributed by atoms with Gasteiger partial charge in [-0.05, 0) is 6.07 Å². The van der Waals surface area contributed by atoms with Gasteiger partial charge < -0.3 is 15.0 Å². The molecule has 1 aromatic carbocycles. The molecule has 1 heterocycles. The van der Waals surface area contributed by atoms with Crippen LogP contribution in [0.5, 0.6) is 5.75 Å². The van der Waals surface area contributed by atoms with Gasteiger partial charge in [0.1, 0.15) is 5.75 Å². The minimum absolute atomic E-state index is 0. The van der Waals surface area contributed by atoms with Crippen LogP contribution in [0.25, 0.3) is 0 Å². The smallest absolute Gasteiger partial charge is 0.305 e. The Morgan fingerprint density at radius 2 is 2.10 bits per heavy atom. The summed E-state index contributed by atoms with van der Waals surface area (Å²) in [5, 5.41) is 13.6. The lowest BCUT2D eigenvalue weighted by molar-refractivity contribution is -0.387. The van der Waals surface area contributed by atoms with E-state index in [2.05, 4.69) is 5.32 Å². The summed E-state index contributed by atoms with van der Waals surface area (Å²) in [6, 6.07) is 3.19. The second-order valence-electron chi connectivity index (χ2n) is 4.29. The fourth-order valence-corrected chi connectivity index (χ4v) is 1.88. The summed E-state index contributed by atoms with van der Waals surface area (Å²) in [5.74, 6) is -1.08. The zero-order valence-electron chi connectivity index (χ0n) is 11.1. The number of carbonyl (C=O) groups excluding carboxylic acids is 1. The van der Waals surface area contributed by atoms with Gasteiger partial charge in [0.15, 0.2) is 6.61 Å². The molecule has 9 heteroatoms. The van der Waals surface area contributed by atoms with Gasteiger partial charge in [-0.2, -0.15) is 4.39 Å². The van der Waals surface area contributed by atoms with Crippen molar-refractivity contribution in [2.24, 2.45) is 0 Å². The van der Waals surface area contributed by atoms with Crippen LogP contribution in [-0.2, 0) is 4.79 Å². The van der Waals surface area contributed by atoms with Gasteiger partial charge >= 0.3 is 5.69 Å². The number of nitro benzene ring substituents is 1. The highest BCUT2D eigenvalue weighted by Crippen LogP contribution is 2.22. The Morgan fingerprint density at radius 1 is 1.43 bits per heavy atom. The van der Waals surface area contributed by atoms with Crippen LogP contribution in [0, 0.1) is 15.9 Å². The first kappa shape index (κ1) is 17.1. The molecule has 0 saturated carbocycles. The number of benzene rings is 1. The zero-order chi connectivity index (χ0) is 14.5. The van der Waals surface area contributed by atoms with Gasteiger partial charge in [-0.1, -0.05) is 0 Å². The Balaban J connectivity index is 0.00000220. The lowest BCUT2D eigenvalue weighted by Gasteiger charge is -2.27. The minimum atomic E-state index is -0.984. The van der Waals surface area contributed by atoms with Gasteiger partial charge in [0.05, 0.1) is 4.92 Å². The highest BCUT2D eigenvalue weighted by atomic mass is 35.5. The fourth-order valence-electron chi connectivity index (χ4n) is 1.88. The number of nitrogens with zero attached hydrogens (tertiary/aromatic N) is 2. The van der Waals surface area contributed by atoms with Gasteiger partial charge in [0.25, 0.3) is 5.91 Å². The molecule has 1 aliphatic heterocycles. The molecular weight excluding hydrogens is 305 g/mol. The molecule has 0 spiro atoms. The largest absolute Gasteiger partial charge is 0.484 e. The topological polar surface area (TPSA) is 84.7 Å². The second kappa shape index (κ2) is 7.75. The summed E-state index contributed by atoms with van der Waals surface area (Å²) < 4.78 is 18.5. The zero-order valence-corrected chi connectivity index (χ0v) is 11.9. The first-order valence-electron chi connectivity index (χ1n) is 6.13. The average Bonchev–Trinajstić information content (AvgIpc) is 2.45. The Bertz CT molecular complexity index is 523. The summed E-state index contributed by atoms with van der Waals surface area (Å²) in [6.07, 6.45) is 0. The summed E-state index contributed by atoms with van der Waals surface area (Å²) in [6.45, 7) is 2.47. The number of ether oxygens (including phenoxy) is 1. The molecule has 1 amide bonds.